The number of carbonyl (C=O) groups is 1. The van der Waals surface area contributed by atoms with E-state index in [0.717, 1.165) is 5.56 Å². The number of hydrogen-bond donors (Lipinski definition) is 1. The van der Waals surface area contributed by atoms with Crippen LogP contribution in [0.2, 0.25) is 0 Å². The topological polar surface area (TPSA) is 103 Å². The molecule has 1 amide bonds. The molecule has 0 unspecified atom stereocenters. The monoisotopic (exact) mass is 435 g/mol. The second-order valence-corrected chi connectivity index (χ2v) is 8.27. The fraction of sp³-hybridized carbons (Fsp3) is 0.227. The van der Waals surface area contributed by atoms with Crippen molar-refractivity contribution in [3.63, 3.8) is 0 Å². The smallest absolute Gasteiger partial charge is 0.322 e. The highest BCUT2D eigenvalue weighted by Crippen LogP contribution is 2.22. The first-order valence-electron chi connectivity index (χ1n) is 9.77. The van der Waals surface area contributed by atoms with Gasteiger partial charge in [0.15, 0.2) is 5.16 Å². The maximum Gasteiger partial charge on any atom is 0.322 e. The van der Waals surface area contributed by atoms with Gasteiger partial charge in [0.1, 0.15) is 0 Å². The molecule has 1 N–H and O–H groups in total. The lowest BCUT2D eigenvalue weighted by Crippen LogP contribution is -2.23. The second kappa shape index (κ2) is 8.73. The minimum atomic E-state index is -0.332. The van der Waals surface area contributed by atoms with Crippen molar-refractivity contribution < 1.29 is 9.21 Å². The summed E-state index contributed by atoms with van der Waals surface area (Å²) in [6.07, 6.45) is 0. The van der Waals surface area contributed by atoms with Gasteiger partial charge in [-0.25, -0.2) is 4.98 Å². The highest BCUT2D eigenvalue weighted by Gasteiger charge is 2.16. The second-order valence-electron chi connectivity index (χ2n) is 7.32. The largest absolute Gasteiger partial charge is 0.408 e. The number of carbonyl (C=O) groups excluding carboxylic acids is 1. The first-order valence-corrected chi connectivity index (χ1v) is 10.8. The van der Waals surface area contributed by atoms with Crippen LogP contribution in [0.15, 0.2) is 62.9 Å². The number of fused-ring (bicyclic) bond motifs is 1. The van der Waals surface area contributed by atoms with Crippen LogP contribution in [-0.2, 0) is 4.79 Å². The Labute approximate surface area is 182 Å². The van der Waals surface area contributed by atoms with Gasteiger partial charge in [0.2, 0.25) is 11.8 Å². The van der Waals surface area contributed by atoms with Crippen molar-refractivity contribution in [2.45, 2.75) is 31.8 Å². The summed E-state index contributed by atoms with van der Waals surface area (Å²) >= 11 is 1.17. The quantitative estimate of drug-likeness (QED) is 0.361. The van der Waals surface area contributed by atoms with E-state index in [1.807, 2.05) is 51.1 Å². The van der Waals surface area contributed by atoms with Gasteiger partial charge in [0.05, 0.1) is 22.3 Å². The molecule has 2 heterocycles. The average Bonchev–Trinajstić information content (AvgIpc) is 3.22. The highest BCUT2D eigenvalue weighted by atomic mass is 32.2. The molecule has 9 heteroatoms. The molecular formula is C22H21N5O3S. The molecule has 0 aliphatic heterocycles. The maximum absolute atomic E-state index is 13.2. The van der Waals surface area contributed by atoms with Crippen molar-refractivity contribution in [1.29, 1.82) is 0 Å². The van der Waals surface area contributed by atoms with Gasteiger partial charge in [-0.3, -0.25) is 19.5 Å². The van der Waals surface area contributed by atoms with Gasteiger partial charge in [-0.05, 0) is 31.2 Å². The zero-order valence-corrected chi connectivity index (χ0v) is 18.1. The third-order valence-corrected chi connectivity index (χ3v) is 5.49. The molecule has 0 aliphatic rings. The molecule has 0 atom stereocenters. The highest BCUT2D eigenvalue weighted by molar-refractivity contribution is 7.99. The third-order valence-electron chi connectivity index (χ3n) is 4.55. The van der Waals surface area contributed by atoms with E-state index in [4.69, 9.17) is 4.42 Å². The Morgan fingerprint density at radius 2 is 1.87 bits per heavy atom. The normalized spacial score (nSPS) is 11.2. The van der Waals surface area contributed by atoms with Crippen LogP contribution in [0, 0.1) is 6.92 Å². The summed E-state index contributed by atoms with van der Waals surface area (Å²) < 4.78 is 6.95. The van der Waals surface area contributed by atoms with E-state index in [1.54, 1.807) is 18.2 Å². The molecule has 2 aromatic heterocycles. The molecule has 4 rings (SSSR count). The molecule has 8 nitrogen and oxygen atoms in total. The van der Waals surface area contributed by atoms with Crippen molar-refractivity contribution in [2.24, 2.45) is 0 Å². The van der Waals surface area contributed by atoms with Gasteiger partial charge >= 0.3 is 6.01 Å². The van der Waals surface area contributed by atoms with Crippen LogP contribution in [0.1, 0.15) is 31.2 Å². The Morgan fingerprint density at radius 3 is 2.58 bits per heavy atom. The Balaban J connectivity index is 1.62. The number of anilines is 1. The Morgan fingerprint density at radius 1 is 1.13 bits per heavy atom. The van der Waals surface area contributed by atoms with Crippen LogP contribution in [0.4, 0.5) is 6.01 Å². The summed E-state index contributed by atoms with van der Waals surface area (Å²) in [6, 6.07) is 14.8. The lowest BCUT2D eigenvalue weighted by Gasteiger charge is -2.13. The molecule has 0 radical (unpaired) electrons. The van der Waals surface area contributed by atoms with Crippen molar-refractivity contribution >= 4 is 34.6 Å². The number of nitrogens with zero attached hydrogens (tertiary/aromatic N) is 4. The molecule has 4 aromatic rings. The van der Waals surface area contributed by atoms with Crippen LogP contribution in [-0.4, -0.2) is 31.4 Å². The molecule has 0 saturated heterocycles. The molecule has 0 aliphatic carbocycles. The molecule has 2 aromatic carbocycles. The number of benzene rings is 2. The van der Waals surface area contributed by atoms with Crippen LogP contribution in [0.5, 0.6) is 0 Å². The predicted octanol–water partition coefficient (Wildman–Crippen LogP) is 3.93. The van der Waals surface area contributed by atoms with Crippen molar-refractivity contribution in [2.75, 3.05) is 11.1 Å². The summed E-state index contributed by atoms with van der Waals surface area (Å²) in [5.41, 5.74) is 2.17. The van der Waals surface area contributed by atoms with E-state index in [2.05, 4.69) is 20.5 Å². The summed E-state index contributed by atoms with van der Waals surface area (Å²) in [5.74, 6) is 0.211. The van der Waals surface area contributed by atoms with E-state index in [-0.39, 0.29) is 29.2 Å². The predicted molar refractivity (Wildman–Crippen MR) is 120 cm³/mol. The zero-order chi connectivity index (χ0) is 22.0. The van der Waals surface area contributed by atoms with E-state index < -0.39 is 0 Å². The number of aromatic nitrogens is 4. The number of nitrogens with one attached hydrogen (secondary N) is 1. The summed E-state index contributed by atoms with van der Waals surface area (Å²) in [4.78, 5) is 30.3. The number of para-hydroxylation sites is 1. The van der Waals surface area contributed by atoms with E-state index in [9.17, 15) is 9.59 Å². The third kappa shape index (κ3) is 4.51. The SMILES string of the molecule is Cc1ccc(-n2c(SCC(=O)Nc3nnc(C(C)C)o3)nc3ccccc3c2=O)cc1. The number of thioether (sulfide) groups is 1. The fourth-order valence-electron chi connectivity index (χ4n) is 2.93. The van der Waals surface area contributed by atoms with Gasteiger partial charge in [-0.15, -0.1) is 5.10 Å². The molecule has 158 valence electrons. The van der Waals surface area contributed by atoms with Gasteiger partial charge in [-0.2, -0.15) is 0 Å². The van der Waals surface area contributed by atoms with Crippen LogP contribution >= 0.6 is 11.8 Å². The van der Waals surface area contributed by atoms with Crippen LogP contribution in [0.25, 0.3) is 16.6 Å². The minimum absolute atomic E-state index is 0.0238. The number of aryl methyl sites for hydroxylation is 1. The minimum Gasteiger partial charge on any atom is -0.408 e. The lowest BCUT2D eigenvalue weighted by molar-refractivity contribution is -0.113. The Bertz CT molecular complexity index is 1290. The number of hydrogen-bond acceptors (Lipinski definition) is 7. The van der Waals surface area contributed by atoms with Crippen molar-refractivity contribution in [3.05, 3.63) is 70.3 Å². The number of rotatable bonds is 6. The molecule has 0 bridgehead atoms. The number of amides is 1. The Hall–Kier alpha value is -3.46. The average molecular weight is 436 g/mol. The first kappa shape index (κ1) is 20.8. The van der Waals surface area contributed by atoms with Gasteiger partial charge in [0.25, 0.3) is 5.56 Å². The summed E-state index contributed by atoms with van der Waals surface area (Å²) in [5, 5.41) is 11.3. The molecule has 31 heavy (non-hydrogen) atoms. The van der Waals surface area contributed by atoms with Gasteiger partial charge in [0, 0.05) is 5.92 Å². The van der Waals surface area contributed by atoms with Crippen molar-refractivity contribution in [1.82, 2.24) is 19.7 Å². The summed E-state index contributed by atoms with van der Waals surface area (Å²) in [7, 11) is 0. The molecule has 0 spiro atoms. The molecule has 0 fully saturated rings. The Kier molecular flexibility index (Phi) is 5.85. The van der Waals surface area contributed by atoms with E-state index in [0.29, 0.717) is 27.6 Å². The molecule has 0 saturated carbocycles. The zero-order valence-electron chi connectivity index (χ0n) is 17.3. The van der Waals surface area contributed by atoms with E-state index >= 15 is 0 Å². The van der Waals surface area contributed by atoms with Crippen LogP contribution < -0.4 is 10.9 Å². The maximum atomic E-state index is 13.2. The lowest BCUT2D eigenvalue weighted by atomic mass is 10.2. The van der Waals surface area contributed by atoms with Gasteiger partial charge in [-0.1, -0.05) is 60.5 Å². The van der Waals surface area contributed by atoms with Crippen LogP contribution in [0.3, 0.4) is 0 Å². The van der Waals surface area contributed by atoms with E-state index in [1.165, 1.54) is 16.3 Å². The van der Waals surface area contributed by atoms with Crippen molar-refractivity contribution in [3.8, 4) is 5.69 Å². The first-order chi connectivity index (χ1) is 14.9. The summed E-state index contributed by atoms with van der Waals surface area (Å²) in [6.45, 7) is 5.82. The standard InChI is InChI=1S/C22H21N5O3S/c1-13(2)19-25-26-21(30-19)24-18(28)12-31-22-23-17-7-5-4-6-16(17)20(29)27(22)15-10-8-14(3)9-11-15/h4-11,13H,12H2,1-3H3,(H,24,26,28). The molecular weight excluding hydrogens is 414 g/mol. The van der Waals surface area contributed by atoms with Gasteiger partial charge < -0.3 is 4.42 Å². The fourth-order valence-corrected chi connectivity index (χ4v) is 3.75.